The van der Waals surface area contributed by atoms with Crippen LogP contribution in [0.4, 0.5) is 13.2 Å². The Morgan fingerprint density at radius 3 is 2.59 bits per heavy atom. The molecule has 0 amide bonds. The van der Waals surface area contributed by atoms with Crippen LogP contribution in [0.5, 0.6) is 0 Å². The lowest BCUT2D eigenvalue weighted by Crippen LogP contribution is -2.30. The monoisotopic (exact) mass is 470 g/mol. The van der Waals surface area contributed by atoms with Crippen molar-refractivity contribution in [3.05, 3.63) is 53.2 Å². The van der Waals surface area contributed by atoms with Crippen LogP contribution in [0.1, 0.15) is 24.5 Å². The molecule has 2 heterocycles. The minimum Gasteiger partial charge on any atom is -0.478 e. The van der Waals surface area contributed by atoms with Gasteiger partial charge in [-0.25, -0.2) is 13.2 Å². The number of nitrogens with zero attached hydrogens (tertiary/aromatic N) is 2. The number of carboxylic acid groups (broad SMARTS) is 1. The van der Waals surface area contributed by atoms with Gasteiger partial charge in [-0.05, 0) is 36.8 Å². The van der Waals surface area contributed by atoms with Crippen LogP contribution in [0.3, 0.4) is 0 Å². The molecule has 1 unspecified atom stereocenters. The third kappa shape index (κ3) is 5.34. The van der Waals surface area contributed by atoms with Crippen LogP contribution in [0.25, 0.3) is 17.3 Å². The number of epoxide rings is 1. The minimum atomic E-state index is -4.81. The standard InChI is InChI=1S/C21H21F3N2O5S/c1-3-13(20(27)28)7-14-5-4-6-25-19(14)15-8-16(21(22,23)24)10-18(9-15)32(29,30)26(2)11-17-12-31-17/h4-10,17H,3,11-12H2,1-2H3,(H,27,28). The predicted molar refractivity (Wildman–Crippen MR) is 110 cm³/mol. The van der Waals surface area contributed by atoms with Gasteiger partial charge in [-0.15, -0.1) is 0 Å². The number of sulfonamides is 1. The number of alkyl halides is 3. The Morgan fingerprint density at radius 2 is 2.03 bits per heavy atom. The Labute approximate surface area is 183 Å². The van der Waals surface area contributed by atoms with Crippen molar-refractivity contribution in [1.29, 1.82) is 0 Å². The van der Waals surface area contributed by atoms with Crippen LogP contribution in [0.15, 0.2) is 47.0 Å². The summed E-state index contributed by atoms with van der Waals surface area (Å²) in [5.41, 5.74) is -0.922. The Morgan fingerprint density at radius 1 is 1.34 bits per heavy atom. The first kappa shape index (κ1) is 23.9. The van der Waals surface area contributed by atoms with Crippen molar-refractivity contribution in [1.82, 2.24) is 9.29 Å². The fraction of sp³-hybridized carbons (Fsp3) is 0.333. The van der Waals surface area contributed by atoms with E-state index in [1.807, 2.05) is 0 Å². The molecule has 1 saturated heterocycles. The van der Waals surface area contributed by atoms with Gasteiger partial charge in [0.05, 0.1) is 28.9 Å². The lowest BCUT2D eigenvalue weighted by molar-refractivity contribution is -0.137. The molecule has 0 bridgehead atoms. The van der Waals surface area contributed by atoms with Gasteiger partial charge in [-0.1, -0.05) is 13.0 Å². The van der Waals surface area contributed by atoms with E-state index in [1.54, 1.807) is 6.92 Å². The highest BCUT2D eigenvalue weighted by molar-refractivity contribution is 7.89. The second-order valence-electron chi connectivity index (χ2n) is 7.25. The van der Waals surface area contributed by atoms with Gasteiger partial charge in [-0.3, -0.25) is 4.98 Å². The number of likely N-dealkylation sites (N-methyl/N-ethyl adjacent to an activating group) is 1. The SMILES string of the molecule is CCC(=Cc1cccnc1-c1cc(C(F)(F)F)cc(S(=O)(=O)N(C)CC2CO2)c1)C(=O)O. The van der Waals surface area contributed by atoms with Crippen LogP contribution >= 0.6 is 0 Å². The molecule has 1 aliphatic heterocycles. The highest BCUT2D eigenvalue weighted by atomic mass is 32.2. The van der Waals surface area contributed by atoms with Crippen molar-refractivity contribution >= 4 is 22.1 Å². The molecule has 1 aromatic heterocycles. The quantitative estimate of drug-likeness (QED) is 0.467. The molecule has 1 N–H and O–H groups in total. The fourth-order valence-corrected chi connectivity index (χ4v) is 4.34. The van der Waals surface area contributed by atoms with Gasteiger partial charge in [0.1, 0.15) is 0 Å². The van der Waals surface area contributed by atoms with Crippen molar-refractivity contribution in [2.75, 3.05) is 20.2 Å². The first-order chi connectivity index (χ1) is 14.9. The molecule has 172 valence electrons. The van der Waals surface area contributed by atoms with Gasteiger partial charge in [0, 0.05) is 36.5 Å². The molecule has 1 aromatic carbocycles. The highest BCUT2D eigenvalue weighted by Crippen LogP contribution is 2.36. The average molecular weight is 470 g/mol. The van der Waals surface area contributed by atoms with E-state index < -0.39 is 32.6 Å². The summed E-state index contributed by atoms with van der Waals surface area (Å²) in [6.45, 7) is 2.04. The normalized spacial score (nSPS) is 16.9. The summed E-state index contributed by atoms with van der Waals surface area (Å²) in [4.78, 5) is 15.0. The minimum absolute atomic E-state index is 0.0178. The van der Waals surface area contributed by atoms with Crippen molar-refractivity contribution in [3.63, 3.8) is 0 Å². The first-order valence-corrected chi connectivity index (χ1v) is 11.1. The van der Waals surface area contributed by atoms with E-state index in [9.17, 15) is 31.5 Å². The van der Waals surface area contributed by atoms with Gasteiger partial charge in [0.25, 0.3) is 0 Å². The summed E-state index contributed by atoms with van der Waals surface area (Å²) in [5, 5.41) is 9.30. The Kier molecular flexibility index (Phi) is 6.72. The fourth-order valence-electron chi connectivity index (χ4n) is 3.06. The maximum Gasteiger partial charge on any atom is 0.416 e. The molecular weight excluding hydrogens is 449 g/mol. The lowest BCUT2D eigenvalue weighted by atomic mass is 10.0. The Balaban J connectivity index is 2.18. The molecule has 11 heteroatoms. The van der Waals surface area contributed by atoms with E-state index in [0.717, 1.165) is 16.4 Å². The summed E-state index contributed by atoms with van der Waals surface area (Å²) >= 11 is 0. The second kappa shape index (κ2) is 9.00. The molecule has 0 saturated carbocycles. The number of ether oxygens (including phenoxy) is 1. The second-order valence-corrected chi connectivity index (χ2v) is 9.30. The zero-order valence-electron chi connectivity index (χ0n) is 17.3. The Bertz CT molecular complexity index is 1160. The van der Waals surface area contributed by atoms with Gasteiger partial charge in [-0.2, -0.15) is 17.5 Å². The van der Waals surface area contributed by atoms with E-state index in [-0.39, 0.29) is 41.5 Å². The average Bonchev–Trinajstić information content (AvgIpc) is 3.55. The van der Waals surface area contributed by atoms with Crippen LogP contribution in [-0.4, -0.2) is 55.1 Å². The summed E-state index contributed by atoms with van der Waals surface area (Å²) in [7, 11) is -2.98. The molecule has 0 radical (unpaired) electrons. The number of pyridine rings is 1. The number of benzene rings is 1. The molecule has 0 spiro atoms. The number of carboxylic acids is 1. The summed E-state index contributed by atoms with van der Waals surface area (Å²) in [5.74, 6) is -1.17. The van der Waals surface area contributed by atoms with E-state index in [2.05, 4.69) is 4.98 Å². The first-order valence-electron chi connectivity index (χ1n) is 9.63. The van der Waals surface area contributed by atoms with Gasteiger partial charge in [0.15, 0.2) is 0 Å². The van der Waals surface area contributed by atoms with E-state index >= 15 is 0 Å². The molecule has 1 fully saturated rings. The van der Waals surface area contributed by atoms with E-state index in [1.165, 1.54) is 31.5 Å². The van der Waals surface area contributed by atoms with Crippen molar-refractivity contribution in [3.8, 4) is 11.3 Å². The largest absolute Gasteiger partial charge is 0.478 e. The highest BCUT2D eigenvalue weighted by Gasteiger charge is 2.35. The Hall–Kier alpha value is -2.76. The van der Waals surface area contributed by atoms with Crippen molar-refractivity contribution < 1.29 is 36.2 Å². The predicted octanol–water partition coefficient (Wildman–Crippen LogP) is 3.66. The molecule has 2 aromatic rings. The van der Waals surface area contributed by atoms with E-state index in [0.29, 0.717) is 12.7 Å². The number of aliphatic carboxylic acids is 1. The molecular formula is C21H21F3N2O5S. The smallest absolute Gasteiger partial charge is 0.416 e. The van der Waals surface area contributed by atoms with Gasteiger partial charge >= 0.3 is 12.1 Å². The topological polar surface area (TPSA) is 100 Å². The van der Waals surface area contributed by atoms with E-state index in [4.69, 9.17) is 4.74 Å². The van der Waals surface area contributed by atoms with Gasteiger partial charge in [0.2, 0.25) is 10.0 Å². The molecule has 0 aliphatic carbocycles. The maximum atomic E-state index is 13.6. The molecule has 1 aliphatic rings. The van der Waals surface area contributed by atoms with Crippen molar-refractivity contribution in [2.45, 2.75) is 30.5 Å². The lowest BCUT2D eigenvalue weighted by Gasteiger charge is -2.19. The zero-order chi connectivity index (χ0) is 23.7. The number of aromatic nitrogens is 1. The summed E-state index contributed by atoms with van der Waals surface area (Å²) < 4.78 is 72.7. The number of hydrogen-bond acceptors (Lipinski definition) is 5. The molecule has 1 atom stereocenters. The molecule has 32 heavy (non-hydrogen) atoms. The number of halogens is 3. The molecule has 7 nitrogen and oxygen atoms in total. The van der Waals surface area contributed by atoms with Gasteiger partial charge < -0.3 is 9.84 Å². The van der Waals surface area contributed by atoms with Crippen LogP contribution < -0.4 is 0 Å². The number of hydrogen-bond donors (Lipinski definition) is 1. The summed E-state index contributed by atoms with van der Waals surface area (Å²) in [6.07, 6.45) is -2.26. The maximum absolute atomic E-state index is 13.6. The number of carbonyl (C=O) groups is 1. The van der Waals surface area contributed by atoms with Crippen LogP contribution in [0, 0.1) is 0 Å². The zero-order valence-corrected chi connectivity index (χ0v) is 18.1. The van der Waals surface area contributed by atoms with Crippen molar-refractivity contribution in [2.24, 2.45) is 0 Å². The third-order valence-corrected chi connectivity index (χ3v) is 6.70. The molecule has 3 rings (SSSR count). The number of rotatable bonds is 8. The summed E-state index contributed by atoms with van der Waals surface area (Å²) in [6, 6.07) is 5.51. The third-order valence-electron chi connectivity index (χ3n) is 4.90. The van der Waals surface area contributed by atoms with Crippen LogP contribution in [0.2, 0.25) is 0 Å². The van der Waals surface area contributed by atoms with Crippen LogP contribution in [-0.2, 0) is 25.7 Å².